The molecule has 1 saturated carbocycles. The molecule has 0 saturated heterocycles. The number of halogens is 1. The highest BCUT2D eigenvalue weighted by molar-refractivity contribution is 7.18. The molecule has 1 fully saturated rings. The number of nitrogens with one attached hydrogen (secondary N) is 2. The zero-order valence-electron chi connectivity index (χ0n) is 17.4. The van der Waals surface area contributed by atoms with Gasteiger partial charge in [-0.3, -0.25) is 5.41 Å². The Labute approximate surface area is 185 Å². The Bertz CT molecular complexity index is 1130. The van der Waals surface area contributed by atoms with Gasteiger partial charge in [0.05, 0.1) is 5.56 Å². The van der Waals surface area contributed by atoms with Gasteiger partial charge in [-0.15, -0.1) is 0 Å². The lowest BCUT2D eigenvalue weighted by Gasteiger charge is -2.32. The zero-order chi connectivity index (χ0) is 21.8. The molecule has 0 spiro atoms. The fourth-order valence-electron chi connectivity index (χ4n) is 4.17. The molecule has 3 aromatic rings. The Balaban J connectivity index is 2.01. The molecule has 156 valence electrons. The second kappa shape index (κ2) is 9.41. The van der Waals surface area contributed by atoms with Gasteiger partial charge < -0.3 is 5.09 Å². The molecular weight excluding hydrogens is 402 g/mol. The quantitative estimate of drug-likeness (QED) is 0.227. The predicted octanol–water partition coefficient (Wildman–Crippen LogP) is 7.59. The van der Waals surface area contributed by atoms with Crippen molar-refractivity contribution < 1.29 is 4.39 Å². The molecule has 1 unspecified atom stereocenters. The number of hydrogen-bond acceptors (Lipinski definition) is 2. The normalized spacial score (nSPS) is 14.4. The van der Waals surface area contributed by atoms with E-state index in [4.69, 9.17) is 5.41 Å². The van der Waals surface area contributed by atoms with E-state index >= 15 is 0 Å². The summed E-state index contributed by atoms with van der Waals surface area (Å²) in [5.41, 5.74) is 7.48. The second-order valence-electron chi connectivity index (χ2n) is 7.83. The molecule has 0 amide bonds. The fourth-order valence-corrected chi connectivity index (χ4v) is 4.42. The summed E-state index contributed by atoms with van der Waals surface area (Å²) in [5.74, 6) is -0.484. The van der Waals surface area contributed by atoms with Crippen molar-refractivity contribution in [1.29, 1.82) is 5.41 Å². The first-order valence-electron chi connectivity index (χ1n) is 10.5. The first kappa shape index (κ1) is 21.2. The molecule has 4 rings (SSSR count). The molecule has 3 aromatic carbocycles. The highest BCUT2D eigenvalue weighted by Gasteiger charge is 2.27. The first-order valence-corrected chi connectivity index (χ1v) is 11.1. The van der Waals surface area contributed by atoms with Crippen LogP contribution in [-0.2, 0) is 0 Å². The maximum absolute atomic E-state index is 14.1. The van der Waals surface area contributed by atoms with Crippen molar-refractivity contribution >= 4 is 38.3 Å². The largest absolute Gasteiger partial charge is 0.369 e. The lowest BCUT2D eigenvalue weighted by Crippen LogP contribution is -2.15. The lowest BCUT2D eigenvalue weighted by atomic mass is 9.73. The summed E-state index contributed by atoms with van der Waals surface area (Å²) in [5, 5.41) is 10.5. The van der Waals surface area contributed by atoms with Crippen LogP contribution in [0, 0.1) is 11.3 Å². The van der Waals surface area contributed by atoms with E-state index in [1.807, 2.05) is 24.3 Å². The maximum atomic E-state index is 14.1. The summed E-state index contributed by atoms with van der Waals surface area (Å²) in [6.45, 7) is 3.86. The first-order chi connectivity index (χ1) is 15.1. The predicted molar refractivity (Wildman–Crippen MR) is 134 cm³/mol. The summed E-state index contributed by atoms with van der Waals surface area (Å²) in [7, 11) is 2.38. The molecule has 0 aliphatic heterocycles. The van der Waals surface area contributed by atoms with Crippen LogP contribution in [0.3, 0.4) is 0 Å². The number of hydrogen-bond donors (Lipinski definition) is 2. The molecule has 2 N–H and O–H groups in total. The molecule has 1 atom stereocenters. The maximum Gasteiger partial charge on any atom is 0.214 e. The molecule has 0 radical (unpaired) electrons. The van der Waals surface area contributed by atoms with Crippen LogP contribution in [-0.4, -0.2) is 5.97 Å². The van der Waals surface area contributed by atoms with Crippen molar-refractivity contribution in [1.82, 2.24) is 0 Å². The number of anilines is 1. The van der Waals surface area contributed by atoms with Crippen LogP contribution in [0.1, 0.15) is 47.1 Å². The zero-order valence-corrected chi connectivity index (χ0v) is 18.5. The van der Waals surface area contributed by atoms with E-state index in [-0.39, 0.29) is 5.56 Å². The standard InChI is InChI=1S/C27H26FN2P/c1-2-18-11-13-21(14-12-18)26(22-15-16-24(30-31)23(17-22)27(28)29)25(20-9-6-10-20)19-7-4-3-5-8-19/h2-5,7-8,11-17,20,29-30H,1,6,9-10,31H2/b26-25-,29-27?. The average molecular weight is 428 g/mol. The van der Waals surface area contributed by atoms with Gasteiger partial charge in [-0.05, 0) is 73.7 Å². The molecule has 4 heteroatoms. The SMILES string of the molecule is C=Cc1ccc(/C(=C(\c2ccccc2)C2CCC2)c2ccc(NP)c(C(=N)F)c2)cc1. The fraction of sp³-hybridized carbons (Fsp3) is 0.148. The third-order valence-electron chi connectivity index (χ3n) is 6.00. The summed E-state index contributed by atoms with van der Waals surface area (Å²) in [6.07, 6.45) is 5.35. The Morgan fingerprint density at radius 1 is 0.968 bits per heavy atom. The van der Waals surface area contributed by atoms with Crippen LogP contribution >= 0.6 is 9.39 Å². The molecule has 0 aromatic heterocycles. The summed E-state index contributed by atoms with van der Waals surface area (Å²) < 4.78 is 14.1. The minimum atomic E-state index is -0.946. The van der Waals surface area contributed by atoms with E-state index < -0.39 is 5.97 Å². The van der Waals surface area contributed by atoms with Gasteiger partial charge in [-0.1, -0.05) is 79.7 Å². The minimum Gasteiger partial charge on any atom is -0.369 e. The Kier molecular flexibility index (Phi) is 6.44. The number of benzene rings is 3. The smallest absolute Gasteiger partial charge is 0.214 e. The molecule has 1 aliphatic carbocycles. The van der Waals surface area contributed by atoms with Gasteiger partial charge >= 0.3 is 0 Å². The number of allylic oxidation sites excluding steroid dienone is 1. The molecule has 0 bridgehead atoms. The van der Waals surface area contributed by atoms with Crippen LogP contribution in [0.25, 0.3) is 17.2 Å². The van der Waals surface area contributed by atoms with Crippen molar-refractivity contribution in [2.45, 2.75) is 19.3 Å². The van der Waals surface area contributed by atoms with Crippen molar-refractivity contribution in [2.24, 2.45) is 5.92 Å². The van der Waals surface area contributed by atoms with Gasteiger partial charge in [0.1, 0.15) is 0 Å². The molecule has 1 aliphatic rings. The van der Waals surface area contributed by atoms with Crippen LogP contribution in [0.5, 0.6) is 0 Å². The van der Waals surface area contributed by atoms with E-state index in [2.05, 4.69) is 69.6 Å². The van der Waals surface area contributed by atoms with Crippen molar-refractivity contribution in [3.05, 3.63) is 107 Å². The molecule has 2 nitrogen and oxygen atoms in total. The molecular formula is C27H26FN2P. The van der Waals surface area contributed by atoms with Crippen LogP contribution in [0.15, 0.2) is 79.4 Å². The Morgan fingerprint density at radius 2 is 1.65 bits per heavy atom. The van der Waals surface area contributed by atoms with Gasteiger partial charge in [0.25, 0.3) is 0 Å². The van der Waals surface area contributed by atoms with E-state index in [0.29, 0.717) is 11.6 Å². The third kappa shape index (κ3) is 4.38. The van der Waals surface area contributed by atoms with Crippen LogP contribution < -0.4 is 5.09 Å². The van der Waals surface area contributed by atoms with E-state index in [1.54, 1.807) is 6.07 Å². The van der Waals surface area contributed by atoms with Crippen LogP contribution in [0.2, 0.25) is 0 Å². The van der Waals surface area contributed by atoms with E-state index in [1.165, 1.54) is 17.6 Å². The van der Waals surface area contributed by atoms with Gasteiger partial charge in [0.2, 0.25) is 5.97 Å². The second-order valence-corrected chi connectivity index (χ2v) is 8.12. The summed E-state index contributed by atoms with van der Waals surface area (Å²) in [6, 6.07) is 24.4. The van der Waals surface area contributed by atoms with Crippen molar-refractivity contribution in [3.8, 4) is 0 Å². The van der Waals surface area contributed by atoms with Crippen molar-refractivity contribution in [2.75, 3.05) is 5.09 Å². The average Bonchev–Trinajstić information content (AvgIpc) is 2.78. The summed E-state index contributed by atoms with van der Waals surface area (Å²) in [4.78, 5) is 0. The van der Waals surface area contributed by atoms with E-state index in [0.717, 1.165) is 35.1 Å². The third-order valence-corrected chi connectivity index (χ3v) is 6.31. The monoisotopic (exact) mass is 428 g/mol. The Hall–Kier alpha value is -3.03. The number of rotatable bonds is 7. The van der Waals surface area contributed by atoms with Gasteiger partial charge in [0.15, 0.2) is 0 Å². The van der Waals surface area contributed by atoms with Gasteiger partial charge in [0, 0.05) is 5.69 Å². The molecule has 31 heavy (non-hydrogen) atoms. The van der Waals surface area contributed by atoms with E-state index in [9.17, 15) is 4.39 Å². The lowest BCUT2D eigenvalue weighted by molar-refractivity contribution is 0.401. The molecule has 0 heterocycles. The van der Waals surface area contributed by atoms with Gasteiger partial charge in [-0.2, -0.15) is 4.39 Å². The topological polar surface area (TPSA) is 35.9 Å². The van der Waals surface area contributed by atoms with Gasteiger partial charge in [-0.25, -0.2) is 0 Å². The van der Waals surface area contributed by atoms with Crippen molar-refractivity contribution in [3.63, 3.8) is 0 Å². The summed E-state index contributed by atoms with van der Waals surface area (Å²) >= 11 is 0. The minimum absolute atomic E-state index is 0.258. The Morgan fingerprint density at radius 3 is 2.19 bits per heavy atom. The van der Waals surface area contributed by atoms with Crippen LogP contribution in [0.4, 0.5) is 10.1 Å². The highest BCUT2D eigenvalue weighted by Crippen LogP contribution is 2.45. The highest BCUT2D eigenvalue weighted by atomic mass is 31.0.